The van der Waals surface area contributed by atoms with Crippen molar-refractivity contribution >= 4 is 0 Å². The molecule has 0 spiro atoms. The number of hydrogen-bond acceptors (Lipinski definition) is 0. The summed E-state index contributed by atoms with van der Waals surface area (Å²) in [6.07, 6.45) is 6.37. The van der Waals surface area contributed by atoms with Gasteiger partial charge in [0.25, 0.3) is 0 Å². The molecular formula is C33H29. The van der Waals surface area contributed by atoms with Crippen molar-refractivity contribution in [3.8, 4) is 0 Å². The van der Waals surface area contributed by atoms with Crippen LogP contribution in [0.15, 0.2) is 144 Å². The van der Waals surface area contributed by atoms with Crippen LogP contribution in [-0.2, 0) is 25.7 Å². The molecule has 33 heavy (non-hydrogen) atoms. The maximum absolute atomic E-state index is 2.48. The van der Waals surface area contributed by atoms with Gasteiger partial charge in [0.15, 0.2) is 0 Å². The average molecular weight is 426 g/mol. The Morgan fingerprint density at radius 1 is 0.333 bits per heavy atom. The molecule has 0 N–H and O–H groups in total. The highest BCUT2D eigenvalue weighted by molar-refractivity contribution is 5.59. The Morgan fingerprint density at radius 3 is 1.15 bits per heavy atom. The smallest absolute Gasteiger partial charge is 0.0278 e. The Balaban J connectivity index is 1.55. The van der Waals surface area contributed by atoms with Crippen molar-refractivity contribution in [2.75, 3.05) is 0 Å². The summed E-state index contributed by atoms with van der Waals surface area (Å²) >= 11 is 0. The van der Waals surface area contributed by atoms with Gasteiger partial charge in [-0.15, -0.1) is 0 Å². The van der Waals surface area contributed by atoms with E-state index >= 15 is 0 Å². The van der Waals surface area contributed by atoms with Crippen LogP contribution in [0.25, 0.3) is 0 Å². The molecular weight excluding hydrogens is 396 g/mol. The fourth-order valence-corrected chi connectivity index (χ4v) is 4.76. The van der Waals surface area contributed by atoms with Crippen LogP contribution >= 0.6 is 0 Å². The van der Waals surface area contributed by atoms with Crippen LogP contribution in [0.3, 0.4) is 0 Å². The first-order chi connectivity index (χ1) is 16.3. The van der Waals surface area contributed by atoms with Crippen molar-refractivity contribution in [1.82, 2.24) is 0 Å². The van der Waals surface area contributed by atoms with Crippen molar-refractivity contribution in [3.05, 3.63) is 172 Å². The van der Waals surface area contributed by atoms with Crippen molar-refractivity contribution in [2.24, 2.45) is 0 Å². The second-order valence-electron chi connectivity index (χ2n) is 8.80. The lowest BCUT2D eigenvalue weighted by molar-refractivity contribution is 0.973. The molecule has 0 saturated heterocycles. The zero-order chi connectivity index (χ0) is 22.3. The van der Waals surface area contributed by atoms with Crippen molar-refractivity contribution in [1.29, 1.82) is 0 Å². The lowest BCUT2D eigenvalue weighted by Gasteiger charge is -2.17. The van der Waals surface area contributed by atoms with Crippen LogP contribution < -0.4 is 0 Å². The molecule has 5 rings (SSSR count). The highest BCUT2D eigenvalue weighted by atomic mass is 14.3. The molecule has 0 fully saturated rings. The van der Waals surface area contributed by atoms with Crippen LogP contribution in [0, 0.1) is 5.92 Å². The molecule has 0 aliphatic heterocycles. The number of benzene rings is 4. The molecule has 0 bridgehead atoms. The molecule has 0 heteroatoms. The molecule has 0 aromatic heterocycles. The molecule has 161 valence electrons. The Labute approximate surface area is 198 Å². The van der Waals surface area contributed by atoms with E-state index in [9.17, 15) is 0 Å². The molecule has 4 aromatic rings. The van der Waals surface area contributed by atoms with Gasteiger partial charge in [-0.05, 0) is 59.1 Å². The first-order valence-electron chi connectivity index (χ1n) is 11.8. The maximum atomic E-state index is 2.48. The molecule has 0 unspecified atom stereocenters. The van der Waals surface area contributed by atoms with Crippen LogP contribution in [0.4, 0.5) is 0 Å². The Kier molecular flexibility index (Phi) is 6.63. The lowest BCUT2D eigenvalue weighted by atomic mass is 9.87. The Bertz CT molecular complexity index is 1220. The molecule has 1 radical (unpaired) electrons. The summed E-state index contributed by atoms with van der Waals surface area (Å²) in [6, 6.07) is 43.6. The fourth-order valence-electron chi connectivity index (χ4n) is 4.76. The summed E-state index contributed by atoms with van der Waals surface area (Å²) in [5.41, 5.74) is 9.95. The van der Waals surface area contributed by atoms with E-state index < -0.39 is 0 Å². The second kappa shape index (κ2) is 10.3. The molecule has 1 aliphatic carbocycles. The van der Waals surface area contributed by atoms with Gasteiger partial charge in [-0.2, -0.15) is 0 Å². The highest BCUT2D eigenvalue weighted by Crippen LogP contribution is 2.40. The van der Waals surface area contributed by atoms with E-state index in [1.165, 1.54) is 44.9 Å². The van der Waals surface area contributed by atoms with Gasteiger partial charge >= 0.3 is 0 Å². The minimum atomic E-state index is 0.972. The summed E-state index contributed by atoms with van der Waals surface area (Å²) in [6.45, 7) is 0. The quantitative estimate of drug-likeness (QED) is 0.270. The van der Waals surface area contributed by atoms with Gasteiger partial charge in [-0.3, -0.25) is 0 Å². The molecule has 0 nitrogen and oxygen atoms in total. The first kappa shape index (κ1) is 21.2. The highest BCUT2D eigenvalue weighted by Gasteiger charge is 2.27. The molecule has 1 aliphatic rings. The van der Waals surface area contributed by atoms with Crippen LogP contribution in [0.2, 0.25) is 0 Å². The van der Waals surface area contributed by atoms with Crippen LogP contribution in [0.1, 0.15) is 22.3 Å². The summed E-state index contributed by atoms with van der Waals surface area (Å²) in [4.78, 5) is 0. The molecule has 0 saturated carbocycles. The summed E-state index contributed by atoms with van der Waals surface area (Å²) in [7, 11) is 0. The van der Waals surface area contributed by atoms with E-state index in [0.717, 1.165) is 25.7 Å². The predicted octanol–water partition coefficient (Wildman–Crippen LogP) is 7.77. The molecule has 0 amide bonds. The summed E-state index contributed by atoms with van der Waals surface area (Å²) < 4.78 is 0. The normalized spacial score (nSPS) is 13.9. The number of rotatable bonds is 8. The zero-order valence-corrected chi connectivity index (χ0v) is 19.0. The third-order valence-electron chi connectivity index (χ3n) is 6.41. The minimum absolute atomic E-state index is 0.972. The topological polar surface area (TPSA) is 0 Å². The van der Waals surface area contributed by atoms with E-state index in [4.69, 9.17) is 0 Å². The number of allylic oxidation sites excluding steroid dienone is 4. The standard InChI is InChI=1S/C33H29/c1-5-13-26(14-6-1)21-30-25-31(22-27-15-7-2-8-16-27)33(24-29-19-11-4-12-20-29)32(30)23-28-17-9-3-10-18-28/h1-20,25H,21-24H2. The van der Waals surface area contributed by atoms with Gasteiger partial charge in [-0.25, -0.2) is 0 Å². The first-order valence-corrected chi connectivity index (χ1v) is 11.8. The van der Waals surface area contributed by atoms with E-state index in [1.54, 1.807) is 0 Å². The third kappa shape index (κ3) is 5.41. The van der Waals surface area contributed by atoms with E-state index in [2.05, 4.69) is 127 Å². The third-order valence-corrected chi connectivity index (χ3v) is 6.41. The van der Waals surface area contributed by atoms with Gasteiger partial charge in [0.1, 0.15) is 0 Å². The largest absolute Gasteiger partial charge is 0.0689 e. The van der Waals surface area contributed by atoms with Crippen LogP contribution in [0.5, 0.6) is 0 Å². The van der Waals surface area contributed by atoms with Gasteiger partial charge < -0.3 is 0 Å². The maximum Gasteiger partial charge on any atom is 0.0278 e. The van der Waals surface area contributed by atoms with E-state index in [0.29, 0.717) is 0 Å². The Hall–Kier alpha value is -3.64. The molecule has 4 aromatic carbocycles. The average Bonchev–Trinajstić information content (AvgIpc) is 3.17. The van der Waals surface area contributed by atoms with E-state index in [-0.39, 0.29) is 0 Å². The van der Waals surface area contributed by atoms with Gasteiger partial charge in [0, 0.05) is 5.92 Å². The summed E-state index contributed by atoms with van der Waals surface area (Å²) in [5, 5.41) is 0. The zero-order valence-electron chi connectivity index (χ0n) is 19.0. The van der Waals surface area contributed by atoms with Gasteiger partial charge in [0.2, 0.25) is 0 Å². The predicted molar refractivity (Wildman–Crippen MR) is 139 cm³/mol. The fraction of sp³-hybridized carbons (Fsp3) is 0.121. The van der Waals surface area contributed by atoms with Crippen molar-refractivity contribution in [3.63, 3.8) is 0 Å². The van der Waals surface area contributed by atoms with Gasteiger partial charge in [-0.1, -0.05) is 133 Å². The Morgan fingerprint density at radius 2 is 0.697 bits per heavy atom. The van der Waals surface area contributed by atoms with Crippen molar-refractivity contribution < 1.29 is 0 Å². The van der Waals surface area contributed by atoms with Crippen LogP contribution in [-0.4, -0.2) is 0 Å². The minimum Gasteiger partial charge on any atom is -0.0689 e. The van der Waals surface area contributed by atoms with Crippen molar-refractivity contribution in [2.45, 2.75) is 25.7 Å². The number of hydrogen-bond donors (Lipinski definition) is 0. The molecule has 0 heterocycles. The second-order valence-corrected chi connectivity index (χ2v) is 8.80. The monoisotopic (exact) mass is 425 g/mol. The SMILES string of the molecule is C1=C(Cc2ccccc2)C(Cc2ccccc2)=C(Cc2ccccc2)[C]1Cc1ccccc1. The van der Waals surface area contributed by atoms with E-state index in [1.807, 2.05) is 0 Å². The molecule has 0 atom stereocenters. The summed E-state index contributed by atoms with van der Waals surface area (Å²) in [5.74, 6) is 1.46. The van der Waals surface area contributed by atoms with Gasteiger partial charge in [0.05, 0.1) is 0 Å². The lowest BCUT2D eigenvalue weighted by Crippen LogP contribution is -2.06.